The van der Waals surface area contributed by atoms with Crippen molar-refractivity contribution in [3.63, 3.8) is 0 Å². The molecular formula is C15H30N2. The molecule has 1 heterocycles. The van der Waals surface area contributed by atoms with E-state index in [2.05, 4.69) is 38.0 Å². The van der Waals surface area contributed by atoms with E-state index in [9.17, 15) is 0 Å². The quantitative estimate of drug-likeness (QED) is 0.813. The first-order chi connectivity index (χ1) is 8.17. The van der Waals surface area contributed by atoms with Crippen LogP contribution in [0.4, 0.5) is 0 Å². The monoisotopic (exact) mass is 238 g/mol. The van der Waals surface area contributed by atoms with E-state index in [0.29, 0.717) is 6.04 Å². The highest BCUT2D eigenvalue weighted by molar-refractivity contribution is 4.97. The minimum absolute atomic E-state index is 0.709. The molecule has 1 aliphatic heterocycles. The fraction of sp³-hybridized carbons (Fsp3) is 1.00. The molecule has 0 aromatic carbocycles. The second-order valence-electron chi connectivity index (χ2n) is 6.38. The van der Waals surface area contributed by atoms with Crippen LogP contribution in [0.1, 0.15) is 52.9 Å². The fourth-order valence-corrected chi connectivity index (χ4v) is 4.38. The summed E-state index contributed by atoms with van der Waals surface area (Å²) in [5, 5.41) is 3.59. The van der Waals surface area contributed by atoms with Crippen LogP contribution in [-0.4, -0.2) is 36.6 Å². The highest BCUT2D eigenvalue weighted by atomic mass is 15.2. The largest absolute Gasteiger partial charge is 0.315 e. The average molecular weight is 238 g/mol. The summed E-state index contributed by atoms with van der Waals surface area (Å²) in [5.41, 5.74) is 0. The van der Waals surface area contributed by atoms with Crippen LogP contribution in [0.25, 0.3) is 0 Å². The van der Waals surface area contributed by atoms with Gasteiger partial charge < -0.3 is 5.32 Å². The first-order valence-corrected chi connectivity index (χ1v) is 7.60. The molecule has 1 saturated carbocycles. The summed E-state index contributed by atoms with van der Waals surface area (Å²) < 4.78 is 0. The fourth-order valence-electron chi connectivity index (χ4n) is 4.38. The Bertz CT molecular complexity index is 241. The Morgan fingerprint density at radius 3 is 2.65 bits per heavy atom. The van der Waals surface area contributed by atoms with E-state index in [1.807, 2.05) is 0 Å². The summed E-state index contributed by atoms with van der Waals surface area (Å²) in [6.07, 6.45) is 6.93. The topological polar surface area (TPSA) is 15.3 Å². The molecular weight excluding hydrogens is 208 g/mol. The number of hydrogen-bond donors (Lipinski definition) is 1. The molecule has 100 valence electrons. The van der Waals surface area contributed by atoms with Gasteiger partial charge >= 0.3 is 0 Å². The minimum Gasteiger partial charge on any atom is -0.315 e. The minimum atomic E-state index is 0.709. The second kappa shape index (κ2) is 5.71. The van der Waals surface area contributed by atoms with Crippen molar-refractivity contribution in [3.05, 3.63) is 0 Å². The lowest BCUT2D eigenvalue weighted by Gasteiger charge is -2.46. The van der Waals surface area contributed by atoms with Crippen LogP contribution in [0.5, 0.6) is 0 Å². The van der Waals surface area contributed by atoms with Crippen molar-refractivity contribution in [2.24, 2.45) is 11.8 Å². The van der Waals surface area contributed by atoms with Crippen LogP contribution in [0.3, 0.4) is 0 Å². The molecule has 2 rings (SSSR count). The van der Waals surface area contributed by atoms with Gasteiger partial charge in [-0.15, -0.1) is 0 Å². The van der Waals surface area contributed by atoms with Crippen LogP contribution in [-0.2, 0) is 0 Å². The van der Waals surface area contributed by atoms with Gasteiger partial charge in [0.15, 0.2) is 0 Å². The Morgan fingerprint density at radius 1 is 1.24 bits per heavy atom. The molecule has 5 atom stereocenters. The van der Waals surface area contributed by atoms with Gasteiger partial charge in [-0.05, 0) is 57.5 Å². The zero-order valence-electron chi connectivity index (χ0n) is 12.1. The number of nitrogens with one attached hydrogen (secondary N) is 1. The molecule has 1 saturated heterocycles. The standard InChI is InChI=1S/C15H30N2/c1-5-13-7-6-8-17(13)15-12(3)9-11(2)10-14(15)16-4/h11-16H,5-10H2,1-4H3. The molecule has 0 spiro atoms. The molecule has 5 unspecified atom stereocenters. The Balaban J connectivity index is 2.10. The maximum absolute atomic E-state index is 3.59. The van der Waals surface area contributed by atoms with E-state index in [0.717, 1.165) is 23.9 Å². The maximum Gasteiger partial charge on any atom is 0.0277 e. The Morgan fingerprint density at radius 2 is 2.00 bits per heavy atom. The van der Waals surface area contributed by atoms with Crippen molar-refractivity contribution in [3.8, 4) is 0 Å². The number of likely N-dealkylation sites (tertiary alicyclic amines) is 1. The Hall–Kier alpha value is -0.0800. The van der Waals surface area contributed by atoms with Gasteiger partial charge in [0.1, 0.15) is 0 Å². The first-order valence-electron chi connectivity index (χ1n) is 7.60. The summed E-state index contributed by atoms with van der Waals surface area (Å²) >= 11 is 0. The SMILES string of the molecule is CCC1CCCN1C1C(C)CC(C)CC1NC. The zero-order valence-corrected chi connectivity index (χ0v) is 12.1. The molecule has 17 heavy (non-hydrogen) atoms. The third-order valence-electron chi connectivity index (χ3n) is 5.07. The summed E-state index contributed by atoms with van der Waals surface area (Å²) in [6, 6.07) is 2.34. The Kier molecular flexibility index (Phi) is 4.48. The van der Waals surface area contributed by atoms with Gasteiger partial charge in [0.05, 0.1) is 0 Å². The van der Waals surface area contributed by atoms with Crippen LogP contribution >= 0.6 is 0 Å². The summed E-state index contributed by atoms with van der Waals surface area (Å²) in [5.74, 6) is 1.74. The molecule has 0 bridgehead atoms. The van der Waals surface area contributed by atoms with Gasteiger partial charge in [0.25, 0.3) is 0 Å². The highest BCUT2D eigenvalue weighted by Gasteiger charge is 2.40. The molecule has 2 aliphatic rings. The zero-order chi connectivity index (χ0) is 12.4. The predicted molar refractivity (Wildman–Crippen MR) is 74.2 cm³/mol. The van der Waals surface area contributed by atoms with Crippen molar-refractivity contribution in [1.82, 2.24) is 10.2 Å². The number of rotatable bonds is 3. The van der Waals surface area contributed by atoms with Gasteiger partial charge in [0.2, 0.25) is 0 Å². The van der Waals surface area contributed by atoms with Crippen LogP contribution in [0, 0.1) is 11.8 Å². The Labute approximate surface area is 107 Å². The highest BCUT2D eigenvalue weighted by Crippen LogP contribution is 2.36. The van der Waals surface area contributed by atoms with E-state index < -0.39 is 0 Å². The molecule has 0 radical (unpaired) electrons. The van der Waals surface area contributed by atoms with Crippen molar-refractivity contribution < 1.29 is 0 Å². The van der Waals surface area contributed by atoms with Gasteiger partial charge in [0, 0.05) is 18.1 Å². The molecule has 1 aliphatic carbocycles. The summed E-state index contributed by atoms with van der Waals surface area (Å²) in [6.45, 7) is 8.57. The lowest BCUT2D eigenvalue weighted by molar-refractivity contribution is 0.0537. The van der Waals surface area contributed by atoms with Gasteiger partial charge in [-0.2, -0.15) is 0 Å². The molecule has 2 heteroatoms. The summed E-state index contributed by atoms with van der Waals surface area (Å²) in [7, 11) is 2.15. The maximum atomic E-state index is 3.59. The smallest absolute Gasteiger partial charge is 0.0277 e. The van der Waals surface area contributed by atoms with Crippen LogP contribution in [0.15, 0.2) is 0 Å². The molecule has 2 nitrogen and oxygen atoms in total. The third kappa shape index (κ3) is 2.68. The van der Waals surface area contributed by atoms with Crippen molar-refractivity contribution in [1.29, 1.82) is 0 Å². The number of hydrogen-bond acceptors (Lipinski definition) is 2. The lowest BCUT2D eigenvalue weighted by Crippen LogP contribution is -2.57. The molecule has 0 amide bonds. The van der Waals surface area contributed by atoms with E-state index in [1.54, 1.807) is 0 Å². The van der Waals surface area contributed by atoms with E-state index in [1.165, 1.54) is 38.6 Å². The van der Waals surface area contributed by atoms with Gasteiger partial charge in [-0.25, -0.2) is 0 Å². The molecule has 0 aromatic heterocycles. The molecule has 0 aromatic rings. The summed E-state index contributed by atoms with van der Waals surface area (Å²) in [4.78, 5) is 2.83. The molecule has 1 N–H and O–H groups in total. The van der Waals surface area contributed by atoms with E-state index >= 15 is 0 Å². The van der Waals surface area contributed by atoms with E-state index in [-0.39, 0.29) is 0 Å². The lowest BCUT2D eigenvalue weighted by atomic mass is 9.75. The van der Waals surface area contributed by atoms with Crippen molar-refractivity contribution in [2.75, 3.05) is 13.6 Å². The van der Waals surface area contributed by atoms with Gasteiger partial charge in [-0.1, -0.05) is 20.8 Å². The molecule has 2 fully saturated rings. The van der Waals surface area contributed by atoms with Crippen molar-refractivity contribution in [2.45, 2.75) is 71.0 Å². The number of nitrogens with zero attached hydrogens (tertiary/aromatic N) is 1. The van der Waals surface area contributed by atoms with E-state index in [4.69, 9.17) is 0 Å². The normalized spacial score (nSPS) is 44.1. The van der Waals surface area contributed by atoms with Crippen LogP contribution in [0.2, 0.25) is 0 Å². The second-order valence-corrected chi connectivity index (χ2v) is 6.38. The first kappa shape index (κ1) is 13.4. The third-order valence-corrected chi connectivity index (χ3v) is 5.07. The van der Waals surface area contributed by atoms with Crippen LogP contribution < -0.4 is 5.32 Å². The average Bonchev–Trinajstić information content (AvgIpc) is 2.75. The predicted octanol–water partition coefficient (Wildman–Crippen LogP) is 2.88. The number of likely N-dealkylation sites (N-methyl/N-ethyl adjacent to an activating group) is 1. The van der Waals surface area contributed by atoms with Crippen molar-refractivity contribution >= 4 is 0 Å². The van der Waals surface area contributed by atoms with Gasteiger partial charge in [-0.3, -0.25) is 4.90 Å².